The van der Waals surface area contributed by atoms with Crippen LogP contribution in [0.1, 0.15) is 41.7 Å². The van der Waals surface area contributed by atoms with E-state index in [9.17, 15) is 13.2 Å². The third-order valence-electron chi connectivity index (χ3n) is 4.67. The highest BCUT2D eigenvalue weighted by atomic mass is 79.9. The SMILES string of the molecule is C[C@@H](NC(=O)c1ccc(S(=O)(=O)NC[C@@H]2CCCO2)cc1)c1ccccc1Br. The van der Waals surface area contributed by atoms with Crippen molar-refractivity contribution < 1.29 is 17.9 Å². The summed E-state index contributed by atoms with van der Waals surface area (Å²) in [5, 5.41) is 2.92. The number of nitrogens with one attached hydrogen (secondary N) is 2. The number of hydrogen-bond acceptors (Lipinski definition) is 4. The molecule has 1 saturated heterocycles. The summed E-state index contributed by atoms with van der Waals surface area (Å²) < 4.78 is 33.7. The lowest BCUT2D eigenvalue weighted by Gasteiger charge is -2.16. The topological polar surface area (TPSA) is 84.5 Å². The van der Waals surface area contributed by atoms with Gasteiger partial charge in [-0.15, -0.1) is 0 Å². The quantitative estimate of drug-likeness (QED) is 0.654. The van der Waals surface area contributed by atoms with Gasteiger partial charge in [-0.2, -0.15) is 0 Å². The van der Waals surface area contributed by atoms with Crippen molar-refractivity contribution in [2.45, 2.75) is 36.8 Å². The van der Waals surface area contributed by atoms with Crippen LogP contribution in [0.4, 0.5) is 0 Å². The fourth-order valence-corrected chi connectivity index (χ4v) is 4.76. The van der Waals surface area contributed by atoms with Gasteiger partial charge in [0.25, 0.3) is 5.91 Å². The largest absolute Gasteiger partial charge is 0.377 e. The molecule has 0 radical (unpaired) electrons. The first-order valence-corrected chi connectivity index (χ1v) is 11.4. The molecule has 2 N–H and O–H groups in total. The van der Waals surface area contributed by atoms with Crippen LogP contribution in [0.3, 0.4) is 0 Å². The number of rotatable bonds is 7. The summed E-state index contributed by atoms with van der Waals surface area (Å²) in [5.41, 5.74) is 1.37. The minimum atomic E-state index is -3.63. The molecule has 1 fully saturated rings. The van der Waals surface area contributed by atoms with Crippen LogP contribution in [0.5, 0.6) is 0 Å². The number of hydrogen-bond donors (Lipinski definition) is 2. The van der Waals surface area contributed by atoms with Crippen molar-refractivity contribution in [3.05, 3.63) is 64.1 Å². The van der Waals surface area contributed by atoms with Gasteiger partial charge in [-0.1, -0.05) is 34.1 Å². The molecule has 0 spiro atoms. The second kappa shape index (κ2) is 9.17. The molecule has 0 aromatic heterocycles. The van der Waals surface area contributed by atoms with E-state index in [1.165, 1.54) is 24.3 Å². The Morgan fingerprint density at radius 3 is 2.57 bits per heavy atom. The fourth-order valence-electron chi connectivity index (χ4n) is 3.06. The zero-order chi connectivity index (χ0) is 20.1. The molecule has 2 aromatic carbocycles. The molecule has 2 atom stereocenters. The molecule has 0 unspecified atom stereocenters. The Bertz CT molecular complexity index is 925. The van der Waals surface area contributed by atoms with E-state index in [1.807, 2.05) is 31.2 Å². The van der Waals surface area contributed by atoms with Crippen molar-refractivity contribution >= 4 is 31.9 Å². The van der Waals surface area contributed by atoms with Crippen molar-refractivity contribution in [3.63, 3.8) is 0 Å². The van der Waals surface area contributed by atoms with Gasteiger partial charge < -0.3 is 10.1 Å². The standard InChI is InChI=1S/C20H23BrN2O4S/c1-14(18-6-2-3-7-19(18)21)23-20(24)15-8-10-17(11-9-15)28(25,26)22-13-16-5-4-12-27-16/h2-3,6-11,14,16,22H,4-5,12-13H2,1H3,(H,23,24)/t14-,16+/m1/s1. The summed E-state index contributed by atoms with van der Waals surface area (Å²) in [6.45, 7) is 2.83. The Balaban J connectivity index is 1.62. The van der Waals surface area contributed by atoms with E-state index in [1.54, 1.807) is 0 Å². The van der Waals surface area contributed by atoms with E-state index >= 15 is 0 Å². The van der Waals surface area contributed by atoms with Crippen LogP contribution in [0.25, 0.3) is 0 Å². The van der Waals surface area contributed by atoms with Gasteiger partial charge in [-0.3, -0.25) is 4.79 Å². The molecule has 150 valence electrons. The van der Waals surface area contributed by atoms with E-state index < -0.39 is 10.0 Å². The highest BCUT2D eigenvalue weighted by molar-refractivity contribution is 9.10. The number of carbonyl (C=O) groups is 1. The summed E-state index contributed by atoms with van der Waals surface area (Å²) >= 11 is 3.48. The van der Waals surface area contributed by atoms with E-state index in [-0.39, 0.29) is 29.5 Å². The molecule has 8 heteroatoms. The third kappa shape index (κ3) is 5.20. The number of ether oxygens (including phenoxy) is 1. The molecule has 28 heavy (non-hydrogen) atoms. The van der Waals surface area contributed by atoms with Gasteiger partial charge in [0.2, 0.25) is 10.0 Å². The molecule has 1 amide bonds. The number of halogens is 1. The Morgan fingerprint density at radius 1 is 1.21 bits per heavy atom. The van der Waals surface area contributed by atoms with E-state index in [0.29, 0.717) is 12.2 Å². The number of amides is 1. The third-order valence-corrected chi connectivity index (χ3v) is 6.83. The van der Waals surface area contributed by atoms with Gasteiger partial charge in [0.15, 0.2) is 0 Å². The average Bonchev–Trinajstić information content (AvgIpc) is 3.20. The lowest BCUT2D eigenvalue weighted by Crippen LogP contribution is -2.32. The van der Waals surface area contributed by atoms with Gasteiger partial charge in [-0.05, 0) is 55.7 Å². The molecule has 1 aliphatic rings. The number of sulfonamides is 1. The molecular formula is C20H23BrN2O4S. The lowest BCUT2D eigenvalue weighted by atomic mass is 10.1. The maximum absolute atomic E-state index is 12.5. The second-order valence-corrected chi connectivity index (χ2v) is 9.35. The fraction of sp³-hybridized carbons (Fsp3) is 0.350. The molecule has 2 aromatic rings. The first kappa shape index (κ1) is 21.0. The normalized spacial score (nSPS) is 18.0. The molecule has 1 aliphatic heterocycles. The van der Waals surface area contributed by atoms with E-state index in [4.69, 9.17) is 4.74 Å². The highest BCUT2D eigenvalue weighted by Crippen LogP contribution is 2.23. The Hall–Kier alpha value is -1.74. The van der Waals surface area contributed by atoms with Crippen molar-refractivity contribution in [2.75, 3.05) is 13.2 Å². The minimum absolute atomic E-state index is 0.0707. The molecule has 3 rings (SSSR count). The van der Waals surface area contributed by atoms with Crippen molar-refractivity contribution in [1.29, 1.82) is 0 Å². The first-order valence-electron chi connectivity index (χ1n) is 9.13. The Morgan fingerprint density at radius 2 is 1.93 bits per heavy atom. The van der Waals surface area contributed by atoms with Gasteiger partial charge in [0.1, 0.15) is 0 Å². The number of carbonyl (C=O) groups excluding carboxylic acids is 1. The highest BCUT2D eigenvalue weighted by Gasteiger charge is 2.21. The van der Waals surface area contributed by atoms with E-state index in [0.717, 1.165) is 22.9 Å². The summed E-state index contributed by atoms with van der Waals surface area (Å²) in [4.78, 5) is 12.6. The van der Waals surface area contributed by atoms with Gasteiger partial charge >= 0.3 is 0 Å². The number of benzene rings is 2. The van der Waals surface area contributed by atoms with Crippen LogP contribution < -0.4 is 10.0 Å². The Kier molecular flexibility index (Phi) is 6.87. The monoisotopic (exact) mass is 466 g/mol. The molecular weight excluding hydrogens is 444 g/mol. The van der Waals surface area contributed by atoms with Crippen molar-refractivity contribution in [2.24, 2.45) is 0 Å². The summed E-state index contributed by atoms with van der Waals surface area (Å²) in [6, 6.07) is 13.4. The van der Waals surface area contributed by atoms with Gasteiger partial charge in [0, 0.05) is 23.2 Å². The van der Waals surface area contributed by atoms with E-state index in [2.05, 4.69) is 26.0 Å². The summed E-state index contributed by atoms with van der Waals surface area (Å²) in [6.07, 6.45) is 1.74. The van der Waals surface area contributed by atoms with Crippen LogP contribution in [-0.4, -0.2) is 33.6 Å². The van der Waals surface area contributed by atoms with Gasteiger partial charge in [0.05, 0.1) is 17.0 Å². The lowest BCUT2D eigenvalue weighted by molar-refractivity contribution is 0.0939. The van der Waals surface area contributed by atoms with Crippen LogP contribution in [0, 0.1) is 0 Å². The summed E-state index contributed by atoms with van der Waals surface area (Å²) in [7, 11) is -3.63. The maximum Gasteiger partial charge on any atom is 0.251 e. The predicted molar refractivity (Wildman–Crippen MR) is 111 cm³/mol. The molecule has 0 aliphatic carbocycles. The minimum Gasteiger partial charge on any atom is -0.377 e. The second-order valence-electron chi connectivity index (χ2n) is 6.73. The smallest absolute Gasteiger partial charge is 0.251 e. The van der Waals surface area contributed by atoms with Crippen LogP contribution >= 0.6 is 15.9 Å². The molecule has 6 nitrogen and oxygen atoms in total. The van der Waals surface area contributed by atoms with Crippen molar-refractivity contribution in [3.8, 4) is 0 Å². The van der Waals surface area contributed by atoms with Gasteiger partial charge in [-0.25, -0.2) is 13.1 Å². The average molecular weight is 467 g/mol. The Labute approximate surface area is 173 Å². The summed E-state index contributed by atoms with van der Waals surface area (Å²) in [5.74, 6) is -0.264. The van der Waals surface area contributed by atoms with Crippen LogP contribution in [-0.2, 0) is 14.8 Å². The molecule has 1 heterocycles. The van der Waals surface area contributed by atoms with Crippen LogP contribution in [0.15, 0.2) is 57.9 Å². The zero-order valence-electron chi connectivity index (χ0n) is 15.5. The zero-order valence-corrected chi connectivity index (χ0v) is 17.9. The molecule has 0 saturated carbocycles. The van der Waals surface area contributed by atoms with Crippen molar-refractivity contribution in [1.82, 2.24) is 10.0 Å². The predicted octanol–water partition coefficient (Wildman–Crippen LogP) is 3.40. The van der Waals surface area contributed by atoms with Crippen LogP contribution in [0.2, 0.25) is 0 Å². The molecule has 0 bridgehead atoms. The first-order chi connectivity index (χ1) is 13.4. The maximum atomic E-state index is 12.5.